The fourth-order valence-corrected chi connectivity index (χ4v) is 2.70. The van der Waals surface area contributed by atoms with E-state index in [9.17, 15) is 4.39 Å². The van der Waals surface area contributed by atoms with Crippen molar-refractivity contribution in [1.82, 2.24) is 15.0 Å². The zero-order valence-corrected chi connectivity index (χ0v) is 15.4. The van der Waals surface area contributed by atoms with Crippen LogP contribution in [-0.2, 0) is 5.54 Å². The maximum atomic E-state index is 13.3. The second-order valence-corrected chi connectivity index (χ2v) is 7.52. The third-order valence-electron chi connectivity index (χ3n) is 4.43. The monoisotopic (exact) mass is 367 g/mol. The molecule has 0 atom stereocenters. The fourth-order valence-electron chi connectivity index (χ4n) is 2.70. The lowest BCUT2D eigenvalue weighted by molar-refractivity contribution is 0.383. The normalized spacial score (nSPS) is 14.4. The molecule has 0 bridgehead atoms. The van der Waals surface area contributed by atoms with Crippen LogP contribution in [0.3, 0.4) is 0 Å². The minimum atomic E-state index is -0.757. The van der Waals surface area contributed by atoms with E-state index in [0.717, 1.165) is 12.1 Å². The molecule has 1 fully saturated rings. The van der Waals surface area contributed by atoms with Crippen LogP contribution in [0, 0.1) is 11.7 Å². The first kappa shape index (κ1) is 17.6. The minimum absolute atomic E-state index is 0.309. The van der Waals surface area contributed by atoms with E-state index >= 15 is 0 Å². The van der Waals surface area contributed by atoms with Gasteiger partial charge in [-0.05, 0) is 62.9 Å². The van der Waals surface area contributed by atoms with Gasteiger partial charge in [-0.1, -0.05) is 0 Å². The number of aromatic nitrogens is 3. The van der Waals surface area contributed by atoms with Gasteiger partial charge in [-0.2, -0.15) is 0 Å². The van der Waals surface area contributed by atoms with Crippen molar-refractivity contribution in [3.05, 3.63) is 48.2 Å². The standard InChI is InChI=1S/C20H22FN5O/c1-20(2,22)18-26-16(13-5-7-14(21)8-6-13)17(27-18)15-9-10-23-19(25-15)24-11-12-3-4-12/h5-10,12H,3-4,11,22H2,1-2H3,(H,23,24,25). The first-order valence-corrected chi connectivity index (χ1v) is 9.03. The molecular weight excluding hydrogens is 345 g/mol. The van der Waals surface area contributed by atoms with Gasteiger partial charge >= 0.3 is 0 Å². The first-order chi connectivity index (χ1) is 12.9. The third kappa shape index (κ3) is 3.98. The van der Waals surface area contributed by atoms with Crippen LogP contribution >= 0.6 is 0 Å². The third-order valence-corrected chi connectivity index (χ3v) is 4.43. The van der Waals surface area contributed by atoms with Crippen LogP contribution in [0.2, 0.25) is 0 Å². The van der Waals surface area contributed by atoms with Gasteiger partial charge in [0.25, 0.3) is 0 Å². The van der Waals surface area contributed by atoms with E-state index in [0.29, 0.717) is 34.9 Å². The summed E-state index contributed by atoms with van der Waals surface area (Å²) in [5, 5.41) is 3.26. The van der Waals surface area contributed by atoms with Crippen molar-refractivity contribution in [2.24, 2.45) is 11.7 Å². The summed E-state index contributed by atoms with van der Waals surface area (Å²) in [5.74, 6) is 1.84. The van der Waals surface area contributed by atoms with E-state index in [-0.39, 0.29) is 5.82 Å². The number of hydrogen-bond acceptors (Lipinski definition) is 6. The highest BCUT2D eigenvalue weighted by molar-refractivity contribution is 5.75. The zero-order chi connectivity index (χ0) is 19.0. The van der Waals surface area contributed by atoms with E-state index in [4.69, 9.17) is 10.2 Å². The maximum absolute atomic E-state index is 13.3. The van der Waals surface area contributed by atoms with Crippen molar-refractivity contribution in [2.75, 3.05) is 11.9 Å². The summed E-state index contributed by atoms with van der Waals surface area (Å²) < 4.78 is 19.3. The Kier molecular flexibility index (Phi) is 4.39. The lowest BCUT2D eigenvalue weighted by atomic mass is 10.1. The van der Waals surface area contributed by atoms with Crippen LogP contribution in [0.5, 0.6) is 0 Å². The summed E-state index contributed by atoms with van der Waals surface area (Å²) in [6.45, 7) is 4.51. The molecule has 0 spiro atoms. The number of oxazole rings is 1. The molecule has 1 saturated carbocycles. The summed E-state index contributed by atoms with van der Waals surface area (Å²) in [7, 11) is 0. The van der Waals surface area contributed by atoms with E-state index in [1.165, 1.54) is 25.0 Å². The summed E-state index contributed by atoms with van der Waals surface area (Å²) in [6.07, 6.45) is 4.18. The molecule has 0 aliphatic heterocycles. The summed E-state index contributed by atoms with van der Waals surface area (Å²) in [6, 6.07) is 7.88. The van der Waals surface area contributed by atoms with Crippen molar-refractivity contribution in [2.45, 2.75) is 32.2 Å². The molecule has 2 aromatic heterocycles. The minimum Gasteiger partial charge on any atom is -0.436 e. The Morgan fingerprint density at radius 2 is 1.93 bits per heavy atom. The summed E-state index contributed by atoms with van der Waals surface area (Å²) in [4.78, 5) is 13.4. The first-order valence-electron chi connectivity index (χ1n) is 9.03. The van der Waals surface area contributed by atoms with Gasteiger partial charge in [-0.3, -0.25) is 0 Å². The largest absolute Gasteiger partial charge is 0.436 e. The fraction of sp³-hybridized carbons (Fsp3) is 0.350. The van der Waals surface area contributed by atoms with Crippen molar-refractivity contribution in [3.63, 3.8) is 0 Å². The van der Waals surface area contributed by atoms with Crippen molar-refractivity contribution in [1.29, 1.82) is 0 Å². The molecule has 1 aromatic carbocycles. The van der Waals surface area contributed by atoms with E-state index in [1.54, 1.807) is 24.4 Å². The number of nitrogens with two attached hydrogens (primary N) is 1. The predicted octanol–water partition coefficient (Wildman–Crippen LogP) is 3.95. The molecule has 2 heterocycles. The van der Waals surface area contributed by atoms with E-state index in [2.05, 4.69) is 20.3 Å². The van der Waals surface area contributed by atoms with Gasteiger partial charge < -0.3 is 15.5 Å². The molecule has 27 heavy (non-hydrogen) atoms. The number of anilines is 1. The van der Waals surface area contributed by atoms with Crippen molar-refractivity contribution in [3.8, 4) is 22.7 Å². The lowest BCUT2D eigenvalue weighted by Gasteiger charge is -2.12. The summed E-state index contributed by atoms with van der Waals surface area (Å²) >= 11 is 0. The Hall–Kier alpha value is -2.80. The second kappa shape index (κ2) is 6.74. The van der Waals surface area contributed by atoms with Gasteiger partial charge in [0.1, 0.15) is 17.2 Å². The molecule has 0 amide bonds. The molecule has 4 rings (SSSR count). The average Bonchev–Trinajstić information content (AvgIpc) is 3.35. The Bertz CT molecular complexity index is 942. The summed E-state index contributed by atoms with van der Waals surface area (Å²) in [5.41, 5.74) is 7.33. The molecule has 1 aliphatic rings. The second-order valence-electron chi connectivity index (χ2n) is 7.52. The van der Waals surface area contributed by atoms with Gasteiger partial charge in [0.2, 0.25) is 11.8 Å². The molecule has 6 nitrogen and oxygen atoms in total. The topological polar surface area (TPSA) is 89.9 Å². The van der Waals surface area contributed by atoms with Crippen molar-refractivity contribution >= 4 is 5.95 Å². The number of benzene rings is 1. The quantitative estimate of drug-likeness (QED) is 0.685. The van der Waals surface area contributed by atoms with Crippen molar-refractivity contribution < 1.29 is 8.81 Å². The van der Waals surface area contributed by atoms with Gasteiger partial charge in [0.15, 0.2) is 5.76 Å². The van der Waals surface area contributed by atoms with Crippen LogP contribution in [0.1, 0.15) is 32.6 Å². The van der Waals surface area contributed by atoms with E-state index in [1.807, 2.05) is 13.8 Å². The van der Waals surface area contributed by atoms with Crippen LogP contribution in [0.15, 0.2) is 40.9 Å². The molecule has 0 saturated heterocycles. The number of rotatable bonds is 6. The molecule has 0 radical (unpaired) electrons. The zero-order valence-electron chi connectivity index (χ0n) is 15.4. The SMILES string of the molecule is CC(C)(N)c1nc(-c2ccc(F)cc2)c(-c2ccnc(NCC3CC3)n2)o1. The molecule has 140 valence electrons. The van der Waals surface area contributed by atoms with Gasteiger partial charge in [0, 0.05) is 18.3 Å². The number of nitrogens with one attached hydrogen (secondary N) is 1. The average molecular weight is 367 g/mol. The predicted molar refractivity (Wildman–Crippen MR) is 101 cm³/mol. The number of hydrogen-bond donors (Lipinski definition) is 2. The Morgan fingerprint density at radius 1 is 1.19 bits per heavy atom. The number of nitrogens with zero attached hydrogens (tertiary/aromatic N) is 3. The van der Waals surface area contributed by atoms with Crippen LogP contribution in [-0.4, -0.2) is 21.5 Å². The maximum Gasteiger partial charge on any atom is 0.223 e. The molecule has 1 aliphatic carbocycles. The lowest BCUT2D eigenvalue weighted by Crippen LogP contribution is -2.28. The van der Waals surface area contributed by atoms with Gasteiger partial charge in [-0.15, -0.1) is 0 Å². The highest BCUT2D eigenvalue weighted by atomic mass is 19.1. The Balaban J connectivity index is 1.75. The van der Waals surface area contributed by atoms with E-state index < -0.39 is 5.54 Å². The van der Waals surface area contributed by atoms with Crippen LogP contribution < -0.4 is 11.1 Å². The molecule has 3 aromatic rings. The Labute approximate surface area is 157 Å². The van der Waals surface area contributed by atoms with Gasteiger partial charge in [0.05, 0.1) is 5.54 Å². The molecular formula is C20H22FN5O. The molecule has 3 N–H and O–H groups in total. The van der Waals surface area contributed by atoms with Gasteiger partial charge in [-0.25, -0.2) is 19.3 Å². The smallest absolute Gasteiger partial charge is 0.223 e. The van der Waals surface area contributed by atoms with Crippen LogP contribution in [0.4, 0.5) is 10.3 Å². The highest BCUT2D eigenvalue weighted by Crippen LogP contribution is 2.34. The Morgan fingerprint density at radius 3 is 2.59 bits per heavy atom. The molecule has 0 unspecified atom stereocenters. The number of halogens is 1. The molecule has 7 heteroatoms. The van der Waals surface area contributed by atoms with Crippen LogP contribution in [0.25, 0.3) is 22.7 Å². The highest BCUT2D eigenvalue weighted by Gasteiger charge is 2.26.